The summed E-state index contributed by atoms with van der Waals surface area (Å²) in [5.74, 6) is 0.0637. The normalized spacial score (nSPS) is 40.1. The molecule has 72 valence electrons. The lowest BCUT2D eigenvalue weighted by Crippen LogP contribution is -2.41. The summed E-state index contributed by atoms with van der Waals surface area (Å²) in [6.07, 6.45) is 0.516. The fraction of sp³-hybridized carbons (Fsp3) is 1.00. The Morgan fingerprint density at radius 2 is 2.25 bits per heavy atom. The Balaban J connectivity index is 2.90. The van der Waals surface area contributed by atoms with Gasteiger partial charge in [-0.25, -0.2) is 8.42 Å². The molecule has 1 aliphatic heterocycles. The third kappa shape index (κ3) is 1.48. The first-order valence-corrected chi connectivity index (χ1v) is 5.64. The molecule has 2 unspecified atom stereocenters. The molecule has 12 heavy (non-hydrogen) atoms. The minimum absolute atomic E-state index is 0.0637. The van der Waals surface area contributed by atoms with Crippen molar-refractivity contribution in [1.29, 1.82) is 0 Å². The average Bonchev–Trinajstić information content (AvgIpc) is 2.24. The van der Waals surface area contributed by atoms with Gasteiger partial charge in [-0.15, -0.1) is 0 Å². The summed E-state index contributed by atoms with van der Waals surface area (Å²) in [5, 5.41) is -0.319. The van der Waals surface area contributed by atoms with Crippen LogP contribution in [0.15, 0.2) is 0 Å². The number of sulfone groups is 1. The molecule has 0 amide bonds. The minimum atomic E-state index is -2.96. The van der Waals surface area contributed by atoms with E-state index in [2.05, 4.69) is 0 Å². The maximum Gasteiger partial charge on any atom is 0.155 e. The highest BCUT2D eigenvalue weighted by Crippen LogP contribution is 2.31. The number of methoxy groups -OCH3 is 1. The lowest BCUT2D eigenvalue weighted by molar-refractivity contribution is 0.0173. The molecule has 0 aromatic carbocycles. The molecule has 1 fully saturated rings. The van der Waals surface area contributed by atoms with Crippen LogP contribution in [0, 0.1) is 0 Å². The van der Waals surface area contributed by atoms with Crippen molar-refractivity contribution in [2.24, 2.45) is 5.73 Å². The van der Waals surface area contributed by atoms with Crippen LogP contribution in [0.25, 0.3) is 0 Å². The highest BCUT2D eigenvalue weighted by molar-refractivity contribution is 7.92. The second kappa shape index (κ2) is 2.97. The maximum atomic E-state index is 11.4. The number of hydrogen-bond donors (Lipinski definition) is 1. The van der Waals surface area contributed by atoms with Crippen LogP contribution in [0.5, 0.6) is 0 Å². The molecule has 0 aromatic rings. The van der Waals surface area contributed by atoms with E-state index >= 15 is 0 Å². The predicted molar refractivity (Wildman–Crippen MR) is 46.7 cm³/mol. The zero-order valence-corrected chi connectivity index (χ0v) is 8.23. The lowest BCUT2D eigenvalue weighted by atomic mass is 10.0. The van der Waals surface area contributed by atoms with Crippen LogP contribution in [0.3, 0.4) is 0 Å². The van der Waals surface area contributed by atoms with E-state index in [1.807, 2.05) is 0 Å². The molecule has 0 saturated carbocycles. The quantitative estimate of drug-likeness (QED) is 0.644. The van der Waals surface area contributed by atoms with E-state index in [4.69, 9.17) is 10.5 Å². The van der Waals surface area contributed by atoms with Gasteiger partial charge in [-0.05, 0) is 13.3 Å². The molecule has 0 radical (unpaired) electrons. The van der Waals surface area contributed by atoms with Crippen LogP contribution < -0.4 is 5.73 Å². The van der Waals surface area contributed by atoms with Gasteiger partial charge in [0, 0.05) is 13.7 Å². The third-order valence-corrected chi connectivity index (χ3v) is 4.86. The van der Waals surface area contributed by atoms with E-state index in [-0.39, 0.29) is 17.5 Å². The highest BCUT2D eigenvalue weighted by atomic mass is 32.2. The van der Waals surface area contributed by atoms with Crippen molar-refractivity contribution in [3.63, 3.8) is 0 Å². The van der Waals surface area contributed by atoms with Gasteiger partial charge in [-0.2, -0.15) is 0 Å². The first-order valence-electron chi connectivity index (χ1n) is 3.92. The maximum absolute atomic E-state index is 11.4. The standard InChI is InChI=1S/C7H15NO3S/c1-6-3-7(4-8,11-2)5-12(6,9)10/h6H,3-5,8H2,1-2H3. The molecular weight excluding hydrogens is 178 g/mol. The molecule has 2 N–H and O–H groups in total. The van der Waals surface area contributed by atoms with Gasteiger partial charge in [0.2, 0.25) is 0 Å². The summed E-state index contributed by atoms with van der Waals surface area (Å²) in [7, 11) is -1.45. The monoisotopic (exact) mass is 193 g/mol. The third-order valence-electron chi connectivity index (χ3n) is 2.54. The van der Waals surface area contributed by atoms with Gasteiger partial charge in [-0.1, -0.05) is 0 Å². The molecule has 1 aliphatic rings. The number of hydrogen-bond acceptors (Lipinski definition) is 4. The molecule has 5 heteroatoms. The molecule has 0 aromatic heterocycles. The molecule has 0 aliphatic carbocycles. The van der Waals surface area contributed by atoms with Gasteiger partial charge in [0.25, 0.3) is 0 Å². The fourth-order valence-electron chi connectivity index (χ4n) is 1.59. The topological polar surface area (TPSA) is 69.4 Å². The van der Waals surface area contributed by atoms with Gasteiger partial charge in [0.15, 0.2) is 9.84 Å². The van der Waals surface area contributed by atoms with Gasteiger partial charge >= 0.3 is 0 Å². The molecule has 1 saturated heterocycles. The molecule has 1 rings (SSSR count). The van der Waals surface area contributed by atoms with E-state index < -0.39 is 15.4 Å². The Kier molecular flexibility index (Phi) is 2.47. The number of rotatable bonds is 2. The van der Waals surface area contributed by atoms with Crippen LogP contribution in [-0.2, 0) is 14.6 Å². The van der Waals surface area contributed by atoms with Crippen molar-refractivity contribution < 1.29 is 13.2 Å². The SMILES string of the molecule is COC1(CN)CC(C)S(=O)(=O)C1. The lowest BCUT2D eigenvalue weighted by Gasteiger charge is -2.23. The van der Waals surface area contributed by atoms with E-state index in [0.29, 0.717) is 6.42 Å². The zero-order valence-electron chi connectivity index (χ0n) is 7.41. The number of nitrogens with two attached hydrogens (primary N) is 1. The van der Waals surface area contributed by atoms with Crippen molar-refractivity contribution in [3.05, 3.63) is 0 Å². The summed E-state index contributed by atoms with van der Waals surface area (Å²) in [6, 6.07) is 0. The van der Waals surface area contributed by atoms with Crippen LogP contribution in [0.2, 0.25) is 0 Å². The van der Waals surface area contributed by atoms with E-state index in [0.717, 1.165) is 0 Å². The summed E-state index contributed by atoms with van der Waals surface area (Å²) in [5.41, 5.74) is 4.85. The van der Waals surface area contributed by atoms with Gasteiger partial charge in [0.05, 0.1) is 16.6 Å². The van der Waals surface area contributed by atoms with Gasteiger partial charge in [0.1, 0.15) is 0 Å². The molecule has 0 bridgehead atoms. The molecular formula is C7H15NO3S. The van der Waals surface area contributed by atoms with Crippen molar-refractivity contribution in [1.82, 2.24) is 0 Å². The molecule has 1 heterocycles. The zero-order chi connectivity index (χ0) is 9.41. The second-order valence-electron chi connectivity index (χ2n) is 3.41. The Morgan fingerprint density at radius 1 is 1.67 bits per heavy atom. The van der Waals surface area contributed by atoms with E-state index in [1.54, 1.807) is 6.92 Å². The minimum Gasteiger partial charge on any atom is -0.376 e. The first kappa shape index (κ1) is 9.95. The van der Waals surface area contributed by atoms with Gasteiger partial charge < -0.3 is 10.5 Å². The van der Waals surface area contributed by atoms with Crippen molar-refractivity contribution in [2.45, 2.75) is 24.2 Å². The first-order chi connectivity index (χ1) is 5.46. The Morgan fingerprint density at radius 3 is 2.42 bits per heavy atom. The van der Waals surface area contributed by atoms with Crippen LogP contribution in [0.1, 0.15) is 13.3 Å². The predicted octanol–water partition coefficient (Wildman–Crippen LogP) is -0.463. The van der Waals surface area contributed by atoms with Crippen molar-refractivity contribution in [3.8, 4) is 0 Å². The van der Waals surface area contributed by atoms with E-state index in [1.165, 1.54) is 7.11 Å². The second-order valence-corrected chi connectivity index (χ2v) is 5.83. The summed E-state index contributed by atoms with van der Waals surface area (Å²) in [6.45, 7) is 1.97. The molecule has 2 atom stereocenters. The summed E-state index contributed by atoms with van der Waals surface area (Å²) in [4.78, 5) is 0. The largest absolute Gasteiger partial charge is 0.376 e. The average molecular weight is 193 g/mol. The Labute approximate surface area is 73.0 Å². The van der Waals surface area contributed by atoms with Crippen LogP contribution in [0.4, 0.5) is 0 Å². The van der Waals surface area contributed by atoms with E-state index in [9.17, 15) is 8.42 Å². The Bertz CT molecular complexity index is 256. The summed E-state index contributed by atoms with van der Waals surface area (Å²) >= 11 is 0. The van der Waals surface area contributed by atoms with Crippen molar-refractivity contribution in [2.75, 3.05) is 19.4 Å². The van der Waals surface area contributed by atoms with Crippen LogP contribution >= 0.6 is 0 Å². The number of ether oxygens (including phenoxy) is 1. The van der Waals surface area contributed by atoms with Gasteiger partial charge in [-0.3, -0.25) is 0 Å². The molecule has 0 spiro atoms. The fourth-order valence-corrected chi connectivity index (χ4v) is 3.52. The van der Waals surface area contributed by atoms with Crippen molar-refractivity contribution >= 4 is 9.84 Å². The smallest absolute Gasteiger partial charge is 0.155 e. The molecule has 4 nitrogen and oxygen atoms in total. The van der Waals surface area contributed by atoms with Crippen LogP contribution in [-0.4, -0.2) is 38.7 Å². The Hall–Kier alpha value is -0.130. The highest BCUT2D eigenvalue weighted by Gasteiger charge is 2.46. The summed E-state index contributed by atoms with van der Waals surface area (Å²) < 4.78 is 27.9.